The van der Waals surface area contributed by atoms with Crippen LogP contribution >= 0.6 is 12.4 Å². The Labute approximate surface area is 167 Å². The number of piperidine rings is 1. The maximum Gasteiger partial charge on any atom is 0.165 e. The molecule has 0 atom stereocenters. The van der Waals surface area contributed by atoms with E-state index in [0.717, 1.165) is 57.3 Å². The van der Waals surface area contributed by atoms with E-state index in [1.807, 2.05) is 18.5 Å². The van der Waals surface area contributed by atoms with Crippen LogP contribution in [0.2, 0.25) is 0 Å². The number of hydrogen-bond acceptors (Lipinski definition) is 5. The van der Waals surface area contributed by atoms with E-state index in [1.54, 1.807) is 0 Å². The van der Waals surface area contributed by atoms with Crippen molar-refractivity contribution < 1.29 is 9.47 Å². The topological polar surface area (TPSA) is 46.6 Å². The first-order valence-corrected chi connectivity index (χ1v) is 9.60. The van der Waals surface area contributed by atoms with Crippen molar-refractivity contribution in [3.8, 4) is 11.5 Å². The van der Waals surface area contributed by atoms with E-state index < -0.39 is 0 Å². The fourth-order valence-electron chi connectivity index (χ4n) is 3.69. The molecule has 0 amide bonds. The average molecular weight is 390 g/mol. The lowest BCUT2D eigenvalue weighted by molar-refractivity contribution is 0.189. The van der Waals surface area contributed by atoms with Gasteiger partial charge in [0.1, 0.15) is 0 Å². The molecule has 3 heterocycles. The number of halogens is 1. The molecule has 1 aromatic heterocycles. The molecule has 0 saturated carbocycles. The van der Waals surface area contributed by atoms with Gasteiger partial charge in [-0.2, -0.15) is 0 Å². The number of pyridine rings is 1. The van der Waals surface area contributed by atoms with Crippen LogP contribution in [0.3, 0.4) is 0 Å². The van der Waals surface area contributed by atoms with Gasteiger partial charge in [-0.05, 0) is 49.7 Å². The summed E-state index contributed by atoms with van der Waals surface area (Å²) >= 11 is 0. The lowest BCUT2D eigenvalue weighted by Gasteiger charge is -2.32. The van der Waals surface area contributed by atoms with Crippen LogP contribution in [0.15, 0.2) is 42.7 Å². The number of nitrogens with one attached hydrogen (secondary N) is 1. The van der Waals surface area contributed by atoms with E-state index in [0.29, 0.717) is 6.04 Å². The number of nitrogens with zero attached hydrogens (tertiary/aromatic N) is 2. The second-order valence-corrected chi connectivity index (χ2v) is 7.08. The molecule has 1 aromatic carbocycles. The molecule has 0 radical (unpaired) electrons. The molecule has 5 nitrogen and oxygen atoms in total. The summed E-state index contributed by atoms with van der Waals surface area (Å²) in [4.78, 5) is 6.62. The van der Waals surface area contributed by atoms with E-state index in [1.165, 1.54) is 24.0 Å². The minimum absolute atomic E-state index is 0. The van der Waals surface area contributed by atoms with Gasteiger partial charge in [-0.3, -0.25) is 9.88 Å². The van der Waals surface area contributed by atoms with Gasteiger partial charge in [-0.25, -0.2) is 0 Å². The molecular weight excluding hydrogens is 362 g/mol. The Morgan fingerprint density at radius 1 is 1.04 bits per heavy atom. The standard InChI is InChI=1S/C21H27N3O2.ClH/c1-3-18(21-20(4-1)25-13-2-14-26-21)15-23-19-7-11-24(12-8-19)16-17-5-9-22-10-6-17;/h1,3-6,9-10,19,23H,2,7-8,11-16H2;1H. The highest BCUT2D eigenvalue weighted by Crippen LogP contribution is 2.33. The summed E-state index contributed by atoms with van der Waals surface area (Å²) in [6.45, 7) is 5.59. The predicted molar refractivity (Wildman–Crippen MR) is 109 cm³/mol. The molecule has 1 N–H and O–H groups in total. The molecule has 0 bridgehead atoms. The average Bonchev–Trinajstić information content (AvgIpc) is 2.94. The SMILES string of the molecule is Cl.c1cc(CNC2CCN(Cc3ccncc3)CC2)c2c(c1)OCCCO2. The van der Waals surface area contributed by atoms with Gasteiger partial charge in [-0.15, -0.1) is 12.4 Å². The Morgan fingerprint density at radius 3 is 2.63 bits per heavy atom. The van der Waals surface area contributed by atoms with E-state index in [-0.39, 0.29) is 12.4 Å². The van der Waals surface area contributed by atoms with Gasteiger partial charge in [0.05, 0.1) is 13.2 Å². The van der Waals surface area contributed by atoms with Crippen molar-refractivity contribution in [1.29, 1.82) is 0 Å². The Bertz CT molecular complexity index is 706. The van der Waals surface area contributed by atoms with Gasteiger partial charge in [0, 0.05) is 43.5 Å². The third-order valence-corrected chi connectivity index (χ3v) is 5.18. The first-order valence-electron chi connectivity index (χ1n) is 9.60. The first kappa shape index (κ1) is 19.9. The Hall–Kier alpha value is -1.82. The molecule has 27 heavy (non-hydrogen) atoms. The second-order valence-electron chi connectivity index (χ2n) is 7.08. The number of aromatic nitrogens is 1. The normalized spacial score (nSPS) is 17.8. The molecule has 1 saturated heterocycles. The first-order chi connectivity index (χ1) is 12.9. The van der Waals surface area contributed by atoms with Gasteiger partial charge in [0.2, 0.25) is 0 Å². The van der Waals surface area contributed by atoms with E-state index in [4.69, 9.17) is 9.47 Å². The lowest BCUT2D eigenvalue weighted by Crippen LogP contribution is -2.41. The number of para-hydroxylation sites is 1. The smallest absolute Gasteiger partial charge is 0.165 e. The highest BCUT2D eigenvalue weighted by molar-refractivity contribution is 5.85. The fourth-order valence-corrected chi connectivity index (χ4v) is 3.69. The summed E-state index contributed by atoms with van der Waals surface area (Å²) in [5.74, 6) is 1.81. The maximum absolute atomic E-state index is 5.92. The van der Waals surface area contributed by atoms with Crippen molar-refractivity contribution in [1.82, 2.24) is 15.2 Å². The Kier molecular flexibility index (Phi) is 7.33. The number of hydrogen-bond donors (Lipinski definition) is 1. The molecule has 6 heteroatoms. The molecule has 146 valence electrons. The van der Waals surface area contributed by atoms with E-state index in [2.05, 4.69) is 39.5 Å². The van der Waals surface area contributed by atoms with Gasteiger partial charge in [0.15, 0.2) is 11.5 Å². The van der Waals surface area contributed by atoms with Crippen molar-refractivity contribution in [3.63, 3.8) is 0 Å². The lowest BCUT2D eigenvalue weighted by atomic mass is 10.0. The molecule has 1 fully saturated rings. The van der Waals surface area contributed by atoms with Crippen molar-refractivity contribution in [2.24, 2.45) is 0 Å². The zero-order chi connectivity index (χ0) is 17.6. The molecular formula is C21H28ClN3O2. The Morgan fingerprint density at radius 2 is 1.81 bits per heavy atom. The number of benzene rings is 1. The van der Waals surface area contributed by atoms with E-state index >= 15 is 0 Å². The number of ether oxygens (including phenoxy) is 2. The quantitative estimate of drug-likeness (QED) is 0.849. The molecule has 2 aliphatic rings. The summed E-state index contributed by atoms with van der Waals surface area (Å²) in [5, 5.41) is 3.72. The van der Waals surface area contributed by atoms with Crippen LogP contribution in [-0.2, 0) is 13.1 Å². The van der Waals surface area contributed by atoms with Crippen LogP contribution in [0.1, 0.15) is 30.4 Å². The van der Waals surface area contributed by atoms with Crippen LogP contribution < -0.4 is 14.8 Å². The molecule has 0 aliphatic carbocycles. The summed E-state index contributed by atoms with van der Waals surface area (Å²) in [7, 11) is 0. The predicted octanol–water partition coefficient (Wildman–Crippen LogP) is 3.42. The van der Waals surface area contributed by atoms with Crippen LogP contribution in [0.4, 0.5) is 0 Å². The summed E-state index contributed by atoms with van der Waals surface area (Å²) in [6, 6.07) is 11.0. The van der Waals surface area contributed by atoms with Crippen LogP contribution in [0, 0.1) is 0 Å². The van der Waals surface area contributed by atoms with Gasteiger partial charge in [-0.1, -0.05) is 12.1 Å². The summed E-state index contributed by atoms with van der Waals surface area (Å²) < 4.78 is 11.7. The van der Waals surface area contributed by atoms with Gasteiger partial charge >= 0.3 is 0 Å². The monoisotopic (exact) mass is 389 g/mol. The number of fused-ring (bicyclic) bond motifs is 1. The zero-order valence-corrected chi connectivity index (χ0v) is 16.4. The summed E-state index contributed by atoms with van der Waals surface area (Å²) in [6.07, 6.45) is 7.04. The molecule has 4 rings (SSSR count). The van der Waals surface area contributed by atoms with Crippen LogP contribution in [-0.4, -0.2) is 42.2 Å². The molecule has 2 aliphatic heterocycles. The van der Waals surface area contributed by atoms with Crippen molar-refractivity contribution in [2.75, 3.05) is 26.3 Å². The van der Waals surface area contributed by atoms with Gasteiger partial charge < -0.3 is 14.8 Å². The summed E-state index contributed by atoms with van der Waals surface area (Å²) in [5.41, 5.74) is 2.54. The fraction of sp³-hybridized carbons (Fsp3) is 0.476. The van der Waals surface area contributed by atoms with Crippen LogP contribution in [0.5, 0.6) is 11.5 Å². The largest absolute Gasteiger partial charge is 0.490 e. The van der Waals surface area contributed by atoms with Crippen LogP contribution in [0.25, 0.3) is 0 Å². The molecule has 2 aromatic rings. The van der Waals surface area contributed by atoms with Gasteiger partial charge in [0.25, 0.3) is 0 Å². The van der Waals surface area contributed by atoms with Crippen molar-refractivity contribution >= 4 is 12.4 Å². The Balaban J connectivity index is 0.00000210. The zero-order valence-electron chi connectivity index (χ0n) is 15.6. The van der Waals surface area contributed by atoms with E-state index in [9.17, 15) is 0 Å². The third kappa shape index (κ3) is 5.34. The number of likely N-dealkylation sites (tertiary alicyclic amines) is 1. The molecule has 0 spiro atoms. The molecule has 0 unspecified atom stereocenters. The minimum Gasteiger partial charge on any atom is -0.490 e. The second kappa shape index (κ2) is 9.93. The maximum atomic E-state index is 5.92. The van der Waals surface area contributed by atoms with Crippen molar-refractivity contribution in [3.05, 3.63) is 53.9 Å². The van der Waals surface area contributed by atoms with Crippen molar-refractivity contribution in [2.45, 2.75) is 38.4 Å². The minimum atomic E-state index is 0. The number of rotatable bonds is 5. The highest BCUT2D eigenvalue weighted by Gasteiger charge is 2.20. The highest BCUT2D eigenvalue weighted by atomic mass is 35.5. The third-order valence-electron chi connectivity index (χ3n) is 5.18.